The molecule has 0 amide bonds. The lowest BCUT2D eigenvalue weighted by Crippen LogP contribution is -2.04. The minimum Gasteiger partial charge on any atom is -0.497 e. The van der Waals surface area contributed by atoms with Crippen molar-refractivity contribution in [3.05, 3.63) is 66.0 Å². The molecule has 0 atom stereocenters. The average molecular weight is 330 g/mol. The molecule has 1 aromatic carbocycles. The average Bonchev–Trinajstić information content (AvgIpc) is 2.62. The largest absolute Gasteiger partial charge is 0.497 e. The van der Waals surface area contributed by atoms with Crippen molar-refractivity contribution in [1.82, 2.24) is 0 Å². The van der Waals surface area contributed by atoms with Gasteiger partial charge in [0.05, 0.1) is 24.6 Å². The van der Waals surface area contributed by atoms with Crippen LogP contribution in [-0.2, 0) is 4.74 Å². The van der Waals surface area contributed by atoms with Crippen molar-refractivity contribution in [3.8, 4) is 5.75 Å². The van der Waals surface area contributed by atoms with E-state index in [1.54, 1.807) is 25.1 Å². The van der Waals surface area contributed by atoms with Gasteiger partial charge < -0.3 is 9.47 Å². The topological polar surface area (TPSA) is 60.2 Å². The van der Waals surface area contributed by atoms with Gasteiger partial charge in [-0.05, 0) is 38.1 Å². The molecule has 0 bridgehead atoms. The summed E-state index contributed by atoms with van der Waals surface area (Å²) < 4.78 is 23.9. The molecule has 0 spiro atoms. The zero-order valence-corrected chi connectivity index (χ0v) is 13.8. The maximum absolute atomic E-state index is 13.8. The summed E-state index contributed by atoms with van der Waals surface area (Å²) >= 11 is 0. The quantitative estimate of drug-likeness (QED) is 0.427. The van der Waals surface area contributed by atoms with Crippen molar-refractivity contribution < 1.29 is 18.7 Å². The lowest BCUT2D eigenvalue weighted by Gasteiger charge is -2.05. The van der Waals surface area contributed by atoms with Crippen LogP contribution in [0.2, 0.25) is 0 Å². The summed E-state index contributed by atoms with van der Waals surface area (Å²) in [4.78, 5) is 19.7. The molecule has 0 saturated heterocycles. The Kier molecular flexibility index (Phi) is 7.84. The predicted molar refractivity (Wildman–Crippen MR) is 93.2 cm³/mol. The zero-order chi connectivity index (χ0) is 17.9. The molecule has 0 unspecified atom stereocenters. The van der Waals surface area contributed by atoms with E-state index < -0.39 is 11.8 Å². The minimum absolute atomic E-state index is 0.0292. The summed E-state index contributed by atoms with van der Waals surface area (Å²) in [6.45, 7) is 6.56. The van der Waals surface area contributed by atoms with Gasteiger partial charge in [-0.15, -0.1) is 0 Å². The SMILES string of the molecule is C=C/C=N/C(C)=C(F)/C=N\C(=C\C)OC(=O)c1cccc(OC)c1. The molecule has 6 heteroatoms. The fourth-order valence-corrected chi connectivity index (χ4v) is 1.50. The van der Waals surface area contributed by atoms with Crippen LogP contribution in [0.5, 0.6) is 5.75 Å². The van der Waals surface area contributed by atoms with Crippen LogP contribution in [-0.4, -0.2) is 25.5 Å². The highest BCUT2D eigenvalue weighted by atomic mass is 19.1. The molecule has 0 radical (unpaired) electrons. The van der Waals surface area contributed by atoms with E-state index in [0.717, 1.165) is 6.21 Å². The monoisotopic (exact) mass is 330 g/mol. The van der Waals surface area contributed by atoms with Crippen molar-refractivity contribution in [2.24, 2.45) is 9.98 Å². The molecule has 0 saturated carbocycles. The van der Waals surface area contributed by atoms with Gasteiger partial charge in [0.1, 0.15) is 5.75 Å². The molecular formula is C18H19FN2O3. The normalized spacial score (nSPS) is 13.1. The lowest BCUT2D eigenvalue weighted by atomic mass is 10.2. The predicted octanol–water partition coefficient (Wildman–Crippen LogP) is 4.24. The van der Waals surface area contributed by atoms with E-state index in [-0.39, 0.29) is 11.6 Å². The lowest BCUT2D eigenvalue weighted by molar-refractivity contribution is 0.0621. The molecule has 0 heterocycles. The van der Waals surface area contributed by atoms with Gasteiger partial charge in [-0.3, -0.25) is 4.99 Å². The van der Waals surface area contributed by atoms with Gasteiger partial charge in [0, 0.05) is 6.21 Å². The van der Waals surface area contributed by atoms with Crippen LogP contribution in [0.4, 0.5) is 4.39 Å². The smallest absolute Gasteiger partial charge is 0.344 e. The highest BCUT2D eigenvalue weighted by Gasteiger charge is 2.10. The molecule has 0 N–H and O–H groups in total. The summed E-state index contributed by atoms with van der Waals surface area (Å²) in [5.41, 5.74) is 0.430. The molecule has 1 rings (SSSR count). The standard InChI is InChI=1S/C18H19FN2O3/c1-5-10-20-13(3)16(19)12-21-17(6-2)24-18(22)14-8-7-9-15(11-14)23-4/h5-12H,1H2,2-4H3/b16-13-,17-6-,20-10+,21-12-. The van der Waals surface area contributed by atoms with Gasteiger partial charge >= 0.3 is 5.97 Å². The zero-order valence-electron chi connectivity index (χ0n) is 13.8. The third-order valence-corrected chi connectivity index (χ3v) is 2.77. The fourth-order valence-electron chi connectivity index (χ4n) is 1.50. The van der Waals surface area contributed by atoms with Crippen LogP contribution in [0, 0.1) is 0 Å². The van der Waals surface area contributed by atoms with Crippen LogP contribution in [0.15, 0.2) is 70.4 Å². The van der Waals surface area contributed by atoms with Crippen LogP contribution < -0.4 is 4.74 Å². The number of carbonyl (C=O) groups excluding carboxylic acids is 1. The molecule has 0 aromatic heterocycles. The third kappa shape index (κ3) is 6.00. The Hall–Kier alpha value is -3.02. The van der Waals surface area contributed by atoms with Crippen LogP contribution in [0.1, 0.15) is 24.2 Å². The number of hydrogen-bond donors (Lipinski definition) is 0. The Morgan fingerprint density at radius 1 is 1.33 bits per heavy atom. The van der Waals surface area contributed by atoms with E-state index in [9.17, 15) is 9.18 Å². The first-order chi connectivity index (χ1) is 11.5. The van der Waals surface area contributed by atoms with Crippen molar-refractivity contribution in [1.29, 1.82) is 0 Å². The number of carbonyl (C=O) groups is 1. The van der Waals surface area contributed by atoms with Crippen molar-refractivity contribution in [3.63, 3.8) is 0 Å². The minimum atomic E-state index is -0.648. The van der Waals surface area contributed by atoms with Gasteiger partial charge in [-0.25, -0.2) is 14.2 Å². The second kappa shape index (κ2) is 9.89. The number of halogens is 1. The molecule has 24 heavy (non-hydrogen) atoms. The summed E-state index contributed by atoms with van der Waals surface area (Å²) in [5, 5.41) is 0. The van der Waals surface area contributed by atoms with Crippen molar-refractivity contribution >= 4 is 18.4 Å². The van der Waals surface area contributed by atoms with E-state index in [1.165, 1.54) is 38.5 Å². The number of benzene rings is 1. The number of allylic oxidation sites excluding steroid dienone is 4. The molecule has 1 aromatic rings. The number of nitrogens with zero attached hydrogens (tertiary/aromatic N) is 2. The fraction of sp³-hybridized carbons (Fsp3) is 0.167. The van der Waals surface area contributed by atoms with Gasteiger partial charge in [0.2, 0.25) is 5.88 Å². The van der Waals surface area contributed by atoms with Crippen LogP contribution in [0.25, 0.3) is 0 Å². The molecule has 0 fully saturated rings. The molecule has 0 aliphatic heterocycles. The maximum atomic E-state index is 13.8. The Labute approximate surface area is 140 Å². The number of methoxy groups -OCH3 is 1. The van der Waals surface area contributed by atoms with E-state index in [0.29, 0.717) is 11.3 Å². The van der Waals surface area contributed by atoms with Crippen molar-refractivity contribution in [2.75, 3.05) is 7.11 Å². The molecule has 126 valence electrons. The highest BCUT2D eigenvalue weighted by molar-refractivity contribution is 5.90. The van der Waals surface area contributed by atoms with Crippen LogP contribution in [0.3, 0.4) is 0 Å². The molecular weight excluding hydrogens is 311 g/mol. The number of rotatable bonds is 7. The Morgan fingerprint density at radius 2 is 2.08 bits per heavy atom. The van der Waals surface area contributed by atoms with E-state index in [2.05, 4.69) is 16.6 Å². The number of ether oxygens (including phenoxy) is 2. The van der Waals surface area contributed by atoms with E-state index in [4.69, 9.17) is 9.47 Å². The van der Waals surface area contributed by atoms with Gasteiger partial charge in [0.15, 0.2) is 5.83 Å². The first-order valence-electron chi connectivity index (χ1n) is 7.09. The Morgan fingerprint density at radius 3 is 2.71 bits per heavy atom. The molecule has 0 aliphatic carbocycles. The summed E-state index contributed by atoms with van der Waals surface area (Å²) in [6, 6.07) is 6.49. The van der Waals surface area contributed by atoms with E-state index >= 15 is 0 Å². The second-order valence-electron chi connectivity index (χ2n) is 4.45. The molecule has 0 aliphatic rings. The summed E-state index contributed by atoms with van der Waals surface area (Å²) in [5.74, 6) is -0.770. The van der Waals surface area contributed by atoms with Crippen molar-refractivity contribution in [2.45, 2.75) is 13.8 Å². The first kappa shape index (κ1) is 19.0. The van der Waals surface area contributed by atoms with E-state index in [1.807, 2.05) is 0 Å². The Bertz CT molecular complexity index is 719. The summed E-state index contributed by atoms with van der Waals surface area (Å²) in [7, 11) is 1.50. The van der Waals surface area contributed by atoms with Gasteiger partial charge in [-0.1, -0.05) is 18.7 Å². The maximum Gasteiger partial charge on any atom is 0.344 e. The number of hydrogen-bond acceptors (Lipinski definition) is 5. The van der Waals surface area contributed by atoms with Gasteiger partial charge in [-0.2, -0.15) is 0 Å². The number of esters is 1. The Balaban J connectivity index is 2.84. The highest BCUT2D eigenvalue weighted by Crippen LogP contribution is 2.15. The second-order valence-corrected chi connectivity index (χ2v) is 4.45. The third-order valence-electron chi connectivity index (χ3n) is 2.77. The summed E-state index contributed by atoms with van der Waals surface area (Å²) in [6.07, 6.45) is 5.18. The van der Waals surface area contributed by atoms with Gasteiger partial charge in [0.25, 0.3) is 0 Å². The number of aliphatic imine (C=N–C) groups is 2. The first-order valence-corrected chi connectivity index (χ1v) is 7.09. The van der Waals surface area contributed by atoms with Crippen LogP contribution >= 0.6 is 0 Å². The molecule has 5 nitrogen and oxygen atoms in total.